The topological polar surface area (TPSA) is 39.9 Å². The summed E-state index contributed by atoms with van der Waals surface area (Å²) in [6.07, 6.45) is -2.66. The van der Waals surface area contributed by atoms with Gasteiger partial charge in [-0.1, -0.05) is 13.8 Å². The molecule has 2 heterocycles. The van der Waals surface area contributed by atoms with Gasteiger partial charge in [-0.25, -0.2) is 9.67 Å². The number of hydrogen-bond acceptors (Lipinski definition) is 3. The van der Waals surface area contributed by atoms with E-state index in [1.807, 2.05) is 6.07 Å². The molecule has 0 aliphatic heterocycles. The van der Waals surface area contributed by atoms with Gasteiger partial charge in [0.05, 0.1) is 11.9 Å². The summed E-state index contributed by atoms with van der Waals surface area (Å²) in [6, 6.07) is 4.52. The van der Waals surface area contributed by atoms with Crippen LogP contribution in [0.15, 0.2) is 29.0 Å². The van der Waals surface area contributed by atoms with Gasteiger partial charge in [-0.05, 0) is 40.4 Å². The van der Waals surface area contributed by atoms with Crippen LogP contribution in [0.3, 0.4) is 0 Å². The second-order valence-electron chi connectivity index (χ2n) is 4.87. The molecule has 8 heteroatoms. The molecule has 0 aliphatic rings. The molecule has 0 spiro atoms. The van der Waals surface area contributed by atoms with Crippen LogP contribution in [0.4, 0.5) is 13.2 Å². The van der Waals surface area contributed by atoms with Crippen molar-refractivity contribution < 1.29 is 17.9 Å². The molecular weight excluding hydrogens is 351 g/mol. The minimum atomic E-state index is -4.74. The molecule has 0 aliphatic carbocycles. The summed E-state index contributed by atoms with van der Waals surface area (Å²) in [7, 11) is 0. The lowest BCUT2D eigenvalue weighted by Crippen LogP contribution is -2.18. The Balaban J connectivity index is 2.26. The molecule has 114 valence electrons. The number of aromatic nitrogens is 3. The lowest BCUT2D eigenvalue weighted by atomic mass is 10.1. The van der Waals surface area contributed by atoms with Crippen LogP contribution in [0, 0.1) is 5.92 Å². The highest BCUT2D eigenvalue weighted by atomic mass is 79.9. The molecule has 2 rings (SSSR count). The molecule has 4 nitrogen and oxygen atoms in total. The van der Waals surface area contributed by atoms with E-state index in [1.165, 1.54) is 12.3 Å². The van der Waals surface area contributed by atoms with Gasteiger partial charge < -0.3 is 4.74 Å². The van der Waals surface area contributed by atoms with Crippen LogP contribution in [0.5, 0.6) is 5.88 Å². The van der Waals surface area contributed by atoms with Crippen molar-refractivity contribution in [2.24, 2.45) is 5.92 Å². The Labute approximate surface area is 128 Å². The highest BCUT2D eigenvalue weighted by Crippen LogP contribution is 2.23. The maximum Gasteiger partial charge on any atom is 0.574 e. The minimum Gasteiger partial charge on any atom is -0.388 e. The van der Waals surface area contributed by atoms with Crippen LogP contribution in [0.1, 0.15) is 19.5 Å². The van der Waals surface area contributed by atoms with Gasteiger partial charge >= 0.3 is 6.36 Å². The van der Waals surface area contributed by atoms with E-state index in [0.717, 1.165) is 18.2 Å². The third kappa shape index (κ3) is 4.45. The minimum absolute atomic E-state index is 0.424. The number of hydrogen-bond donors (Lipinski definition) is 0. The molecule has 0 fully saturated rings. The number of alkyl halides is 3. The first kappa shape index (κ1) is 15.8. The van der Waals surface area contributed by atoms with Crippen LogP contribution >= 0.6 is 15.9 Å². The van der Waals surface area contributed by atoms with Crippen molar-refractivity contribution in [3.8, 4) is 11.6 Å². The Morgan fingerprint density at radius 2 is 2.05 bits per heavy atom. The molecule has 0 amide bonds. The third-order valence-corrected chi connectivity index (χ3v) is 2.94. The van der Waals surface area contributed by atoms with Crippen LogP contribution in [-0.2, 0) is 6.42 Å². The second-order valence-corrected chi connectivity index (χ2v) is 5.68. The number of rotatable bonds is 4. The summed E-state index contributed by atoms with van der Waals surface area (Å²) < 4.78 is 42.3. The highest BCUT2D eigenvalue weighted by molar-refractivity contribution is 9.10. The smallest absolute Gasteiger partial charge is 0.388 e. The fourth-order valence-corrected chi connectivity index (χ4v) is 2.27. The third-order valence-electron chi connectivity index (χ3n) is 2.56. The standard InChI is InChI=1S/C13H13BrF3N3O/c1-8(2)5-10-6-11(14)19-20(10)9-3-4-12(18-7-9)21-13(15,16)17/h3-4,6-8H,5H2,1-2H3. The summed E-state index contributed by atoms with van der Waals surface area (Å²) >= 11 is 3.30. The number of halogens is 4. The van der Waals surface area contributed by atoms with Gasteiger partial charge in [0.1, 0.15) is 4.60 Å². The first-order chi connectivity index (χ1) is 9.74. The summed E-state index contributed by atoms with van der Waals surface area (Å²) in [5.74, 6) is -0.0731. The number of nitrogens with zero attached hydrogens (tertiary/aromatic N) is 3. The van der Waals surface area contributed by atoms with Crippen molar-refractivity contribution in [2.45, 2.75) is 26.6 Å². The van der Waals surface area contributed by atoms with Crippen molar-refractivity contribution in [3.05, 3.63) is 34.7 Å². The van der Waals surface area contributed by atoms with Crippen molar-refractivity contribution in [3.63, 3.8) is 0 Å². The second kappa shape index (κ2) is 6.05. The van der Waals surface area contributed by atoms with E-state index in [1.54, 1.807) is 4.68 Å². The first-order valence-corrected chi connectivity index (χ1v) is 7.00. The van der Waals surface area contributed by atoms with Gasteiger partial charge in [-0.2, -0.15) is 5.10 Å². The van der Waals surface area contributed by atoms with Crippen molar-refractivity contribution >= 4 is 15.9 Å². The van der Waals surface area contributed by atoms with Crippen molar-refractivity contribution in [2.75, 3.05) is 0 Å². The van der Waals surface area contributed by atoms with Crippen molar-refractivity contribution in [1.82, 2.24) is 14.8 Å². The quantitative estimate of drug-likeness (QED) is 0.819. The maximum absolute atomic E-state index is 12.1. The van der Waals surface area contributed by atoms with E-state index < -0.39 is 12.2 Å². The zero-order chi connectivity index (χ0) is 15.6. The van der Waals surface area contributed by atoms with Gasteiger partial charge in [-0.15, -0.1) is 13.2 Å². The Hall–Kier alpha value is -1.57. The zero-order valence-corrected chi connectivity index (χ0v) is 12.9. The average molecular weight is 364 g/mol. The summed E-state index contributed by atoms with van der Waals surface area (Å²) in [4.78, 5) is 3.65. The molecule has 2 aromatic rings. The molecule has 0 atom stereocenters. The van der Waals surface area contributed by atoms with E-state index in [-0.39, 0.29) is 0 Å². The van der Waals surface area contributed by atoms with Crippen LogP contribution in [0.25, 0.3) is 5.69 Å². The predicted octanol–water partition coefficient (Wildman–Crippen LogP) is 4.13. The molecule has 21 heavy (non-hydrogen) atoms. The molecule has 0 saturated heterocycles. The Morgan fingerprint density at radius 1 is 1.33 bits per heavy atom. The number of ether oxygens (including phenoxy) is 1. The Kier molecular flexibility index (Phi) is 4.55. The Bertz CT molecular complexity index is 608. The first-order valence-electron chi connectivity index (χ1n) is 6.21. The molecule has 2 aromatic heterocycles. The van der Waals surface area contributed by atoms with Crippen LogP contribution in [0.2, 0.25) is 0 Å². The molecule has 0 aromatic carbocycles. The summed E-state index contributed by atoms with van der Waals surface area (Å²) in [5, 5.41) is 4.27. The molecule has 0 saturated carbocycles. The highest BCUT2D eigenvalue weighted by Gasteiger charge is 2.31. The van der Waals surface area contributed by atoms with Gasteiger partial charge in [0.2, 0.25) is 5.88 Å². The van der Waals surface area contributed by atoms with E-state index in [0.29, 0.717) is 16.2 Å². The van der Waals surface area contributed by atoms with Gasteiger partial charge in [0.25, 0.3) is 0 Å². The van der Waals surface area contributed by atoms with Gasteiger partial charge in [-0.3, -0.25) is 0 Å². The van der Waals surface area contributed by atoms with Crippen LogP contribution in [-0.4, -0.2) is 21.1 Å². The monoisotopic (exact) mass is 363 g/mol. The van der Waals surface area contributed by atoms with E-state index in [2.05, 4.69) is 44.6 Å². The van der Waals surface area contributed by atoms with Crippen LogP contribution < -0.4 is 4.74 Å². The van der Waals surface area contributed by atoms with Crippen molar-refractivity contribution in [1.29, 1.82) is 0 Å². The van der Waals surface area contributed by atoms with Gasteiger partial charge in [0, 0.05) is 11.8 Å². The molecule has 0 radical (unpaired) electrons. The normalized spacial score (nSPS) is 12.0. The molecule has 0 N–H and O–H groups in total. The number of pyridine rings is 1. The fraction of sp³-hybridized carbons (Fsp3) is 0.385. The maximum atomic E-state index is 12.1. The largest absolute Gasteiger partial charge is 0.574 e. The van der Waals surface area contributed by atoms with Gasteiger partial charge in [0.15, 0.2) is 0 Å². The SMILES string of the molecule is CC(C)Cc1cc(Br)nn1-c1ccc(OC(F)(F)F)nc1. The molecular formula is C13H13BrF3N3O. The summed E-state index contributed by atoms with van der Waals surface area (Å²) in [6.45, 7) is 4.15. The lowest BCUT2D eigenvalue weighted by Gasteiger charge is -2.10. The molecule has 0 bridgehead atoms. The lowest BCUT2D eigenvalue weighted by molar-refractivity contribution is -0.276. The van der Waals surface area contributed by atoms with E-state index in [4.69, 9.17) is 0 Å². The Morgan fingerprint density at radius 3 is 2.57 bits per heavy atom. The average Bonchev–Trinajstić information content (AvgIpc) is 2.68. The zero-order valence-electron chi connectivity index (χ0n) is 11.4. The molecule has 0 unspecified atom stereocenters. The fourth-order valence-electron chi connectivity index (χ4n) is 1.85. The predicted molar refractivity (Wildman–Crippen MR) is 74.3 cm³/mol. The summed E-state index contributed by atoms with van der Waals surface area (Å²) in [5.41, 5.74) is 1.52. The van der Waals surface area contributed by atoms with E-state index in [9.17, 15) is 13.2 Å². The van der Waals surface area contributed by atoms with E-state index >= 15 is 0 Å².